The molecule has 8 heteroatoms. The third kappa shape index (κ3) is 2.96. The summed E-state index contributed by atoms with van der Waals surface area (Å²) in [6, 6.07) is 8.08. The molecule has 0 saturated heterocycles. The first-order valence-corrected chi connectivity index (χ1v) is 9.12. The lowest BCUT2D eigenvalue weighted by molar-refractivity contribution is 0.0952. The highest BCUT2D eigenvalue weighted by molar-refractivity contribution is 6.06. The van der Waals surface area contributed by atoms with Gasteiger partial charge in [-0.15, -0.1) is 0 Å². The van der Waals surface area contributed by atoms with Crippen molar-refractivity contribution >= 4 is 27.9 Å². The van der Waals surface area contributed by atoms with E-state index in [1.165, 1.54) is 10.9 Å². The van der Waals surface area contributed by atoms with Crippen molar-refractivity contribution in [2.75, 3.05) is 6.54 Å². The van der Waals surface area contributed by atoms with Crippen molar-refractivity contribution < 1.29 is 9.21 Å². The lowest BCUT2D eigenvalue weighted by Crippen LogP contribution is -2.27. The number of rotatable bonds is 5. The van der Waals surface area contributed by atoms with Crippen molar-refractivity contribution in [1.82, 2.24) is 24.6 Å². The quantitative estimate of drug-likeness (QED) is 0.537. The number of carbonyl (C=O) groups excluding carboxylic acids is 1. The molecule has 3 aromatic heterocycles. The second-order valence-electron chi connectivity index (χ2n) is 6.81. The van der Waals surface area contributed by atoms with Crippen molar-refractivity contribution in [3.05, 3.63) is 58.0 Å². The highest BCUT2D eigenvalue weighted by Gasteiger charge is 2.22. The highest BCUT2D eigenvalue weighted by atomic mass is 16.3. The van der Waals surface area contributed by atoms with Gasteiger partial charge < -0.3 is 14.3 Å². The van der Waals surface area contributed by atoms with E-state index in [0.29, 0.717) is 25.3 Å². The Morgan fingerprint density at radius 3 is 2.86 bits per heavy atom. The average molecular weight is 379 g/mol. The second kappa shape index (κ2) is 6.95. The predicted molar refractivity (Wildman–Crippen MR) is 105 cm³/mol. The monoisotopic (exact) mass is 379 g/mol. The zero-order valence-electron chi connectivity index (χ0n) is 16.0. The van der Waals surface area contributed by atoms with E-state index in [2.05, 4.69) is 21.5 Å². The Balaban J connectivity index is 1.47. The molecule has 0 saturated carbocycles. The van der Waals surface area contributed by atoms with Gasteiger partial charge in [-0.2, -0.15) is 5.10 Å². The van der Waals surface area contributed by atoms with Crippen LogP contribution in [0.1, 0.15) is 28.2 Å². The van der Waals surface area contributed by atoms with Crippen LogP contribution in [-0.4, -0.2) is 31.8 Å². The summed E-state index contributed by atoms with van der Waals surface area (Å²) in [5, 5.41) is 8.79. The largest absolute Gasteiger partial charge is 0.442 e. The number of para-hydroxylation sites is 1. The number of carbonyl (C=O) groups is 1. The number of hydrogen-bond acceptors (Lipinski definition) is 5. The molecule has 1 N–H and O–H groups in total. The van der Waals surface area contributed by atoms with Crippen molar-refractivity contribution in [1.29, 1.82) is 0 Å². The van der Waals surface area contributed by atoms with E-state index < -0.39 is 0 Å². The van der Waals surface area contributed by atoms with Crippen LogP contribution in [0.3, 0.4) is 0 Å². The summed E-state index contributed by atoms with van der Waals surface area (Å²) in [5.41, 5.74) is 2.21. The van der Waals surface area contributed by atoms with Gasteiger partial charge in [-0.05, 0) is 26.3 Å². The van der Waals surface area contributed by atoms with E-state index in [9.17, 15) is 9.59 Å². The molecular weight excluding hydrogens is 358 g/mol. The minimum atomic E-state index is -0.331. The molecule has 4 rings (SSSR count). The fraction of sp³-hybridized carbons (Fsp3) is 0.300. The summed E-state index contributed by atoms with van der Waals surface area (Å²) in [6.07, 6.45) is 2.09. The molecule has 0 radical (unpaired) electrons. The number of aryl methyl sites for hydroxylation is 4. The number of benzene rings is 1. The molecule has 0 fully saturated rings. The summed E-state index contributed by atoms with van der Waals surface area (Å²) in [7, 11) is 1.59. The summed E-state index contributed by atoms with van der Waals surface area (Å²) < 4.78 is 8.77. The number of nitrogens with zero attached hydrogens (tertiary/aromatic N) is 4. The lowest BCUT2D eigenvalue weighted by Gasteiger charge is -2.06. The van der Waals surface area contributed by atoms with Crippen LogP contribution in [0.2, 0.25) is 0 Å². The van der Waals surface area contributed by atoms with Gasteiger partial charge in [-0.1, -0.05) is 18.2 Å². The molecule has 0 spiro atoms. The summed E-state index contributed by atoms with van der Waals surface area (Å²) in [4.78, 5) is 29.1. The van der Waals surface area contributed by atoms with E-state index >= 15 is 0 Å². The first-order valence-electron chi connectivity index (χ1n) is 9.12. The molecule has 4 aromatic rings. The Kier molecular flexibility index (Phi) is 4.46. The topological polar surface area (TPSA) is 95.0 Å². The van der Waals surface area contributed by atoms with Crippen LogP contribution in [-0.2, 0) is 13.6 Å². The first kappa shape index (κ1) is 18.0. The van der Waals surface area contributed by atoms with E-state index in [4.69, 9.17) is 4.42 Å². The Bertz CT molecular complexity index is 1250. The summed E-state index contributed by atoms with van der Waals surface area (Å²) in [5.74, 6) is 0.0554. The number of fused-ring (bicyclic) bond motifs is 2. The number of furan rings is 1. The Hall–Kier alpha value is -3.42. The van der Waals surface area contributed by atoms with Crippen molar-refractivity contribution in [2.24, 2.45) is 7.05 Å². The molecular formula is C20H21N5O3. The van der Waals surface area contributed by atoms with Gasteiger partial charge in [0.05, 0.1) is 16.8 Å². The molecule has 0 bridgehead atoms. The van der Waals surface area contributed by atoms with Crippen molar-refractivity contribution in [3.8, 4) is 0 Å². The third-order valence-electron chi connectivity index (χ3n) is 4.85. The van der Waals surface area contributed by atoms with E-state index in [0.717, 1.165) is 16.6 Å². The number of aromatic nitrogens is 4. The maximum absolute atomic E-state index is 12.7. The molecule has 8 nitrogen and oxygen atoms in total. The Morgan fingerprint density at radius 1 is 1.25 bits per heavy atom. The Morgan fingerprint density at radius 2 is 2.04 bits per heavy atom. The normalized spacial score (nSPS) is 11.4. The van der Waals surface area contributed by atoms with Gasteiger partial charge in [0.2, 0.25) is 5.71 Å². The summed E-state index contributed by atoms with van der Waals surface area (Å²) >= 11 is 0. The van der Waals surface area contributed by atoms with Gasteiger partial charge >= 0.3 is 0 Å². The van der Waals surface area contributed by atoms with Crippen LogP contribution in [0.4, 0.5) is 0 Å². The van der Waals surface area contributed by atoms with Gasteiger partial charge in [0.25, 0.3) is 11.5 Å². The zero-order valence-corrected chi connectivity index (χ0v) is 16.0. The molecule has 28 heavy (non-hydrogen) atoms. The Labute approximate surface area is 160 Å². The molecule has 0 aliphatic rings. The average Bonchev–Trinajstić information content (AvgIpc) is 3.19. The van der Waals surface area contributed by atoms with Crippen molar-refractivity contribution in [3.63, 3.8) is 0 Å². The summed E-state index contributed by atoms with van der Waals surface area (Å²) in [6.45, 7) is 4.79. The smallest absolute Gasteiger partial charge is 0.265 e. The van der Waals surface area contributed by atoms with E-state index in [-0.39, 0.29) is 28.1 Å². The number of amides is 1. The minimum absolute atomic E-state index is 0.184. The maximum Gasteiger partial charge on any atom is 0.265 e. The van der Waals surface area contributed by atoms with Gasteiger partial charge in [0, 0.05) is 25.5 Å². The second-order valence-corrected chi connectivity index (χ2v) is 6.81. The van der Waals surface area contributed by atoms with Gasteiger partial charge in [0.1, 0.15) is 17.5 Å². The number of hydrogen-bond donors (Lipinski definition) is 1. The van der Waals surface area contributed by atoms with E-state index in [1.54, 1.807) is 14.0 Å². The standard InChI is InChI=1S/C20H21N5O3/c1-12-14-7-4-5-8-15(14)25(23-12)10-6-9-21-18(26)16-13(2)28-19-17(16)20(27)24(3)11-22-19/h4-5,7-8,11H,6,9-10H2,1-3H3,(H,21,26). The van der Waals surface area contributed by atoms with Gasteiger partial charge in [-0.3, -0.25) is 14.3 Å². The molecule has 144 valence electrons. The highest BCUT2D eigenvalue weighted by Crippen LogP contribution is 2.21. The maximum atomic E-state index is 12.7. The fourth-order valence-electron chi connectivity index (χ4n) is 3.44. The molecule has 1 amide bonds. The minimum Gasteiger partial charge on any atom is -0.442 e. The SMILES string of the molecule is Cc1oc2ncn(C)c(=O)c2c1C(=O)NCCCn1nc(C)c2ccccc21. The van der Waals surface area contributed by atoms with E-state index in [1.807, 2.05) is 29.8 Å². The van der Waals surface area contributed by atoms with Crippen LogP contribution in [0, 0.1) is 13.8 Å². The lowest BCUT2D eigenvalue weighted by atomic mass is 10.1. The van der Waals surface area contributed by atoms with Crippen LogP contribution in [0.25, 0.3) is 22.0 Å². The van der Waals surface area contributed by atoms with Crippen LogP contribution >= 0.6 is 0 Å². The zero-order chi connectivity index (χ0) is 19.8. The molecule has 0 atom stereocenters. The fourth-order valence-corrected chi connectivity index (χ4v) is 3.44. The van der Waals surface area contributed by atoms with Crippen molar-refractivity contribution in [2.45, 2.75) is 26.8 Å². The van der Waals surface area contributed by atoms with Crippen LogP contribution in [0.15, 0.2) is 39.8 Å². The predicted octanol–water partition coefficient (Wildman–Crippen LogP) is 2.31. The first-order chi connectivity index (χ1) is 13.5. The molecule has 0 unspecified atom stereocenters. The third-order valence-corrected chi connectivity index (χ3v) is 4.85. The van der Waals surface area contributed by atoms with Gasteiger partial charge in [0.15, 0.2) is 0 Å². The molecule has 0 aliphatic carbocycles. The molecule has 1 aromatic carbocycles. The van der Waals surface area contributed by atoms with Crippen LogP contribution < -0.4 is 10.9 Å². The van der Waals surface area contributed by atoms with Crippen LogP contribution in [0.5, 0.6) is 0 Å². The van der Waals surface area contributed by atoms with Gasteiger partial charge in [-0.25, -0.2) is 4.98 Å². The molecule has 0 aliphatic heterocycles. The molecule has 3 heterocycles. The number of nitrogens with one attached hydrogen (secondary N) is 1.